The molecule has 0 aliphatic carbocycles. The van der Waals surface area contributed by atoms with Gasteiger partial charge < -0.3 is 9.97 Å². The third kappa shape index (κ3) is 5.20. The Labute approximate surface area is 288 Å². The van der Waals surface area contributed by atoms with E-state index >= 15 is 0 Å². The fraction of sp³-hybridized carbons (Fsp3) is 0. The first-order valence-corrected chi connectivity index (χ1v) is 16.7. The highest BCUT2D eigenvalue weighted by molar-refractivity contribution is 6.35. The van der Waals surface area contributed by atoms with Crippen molar-refractivity contribution in [2.45, 2.75) is 0 Å². The van der Waals surface area contributed by atoms with Crippen molar-refractivity contribution in [1.29, 1.82) is 0 Å². The molecule has 0 fully saturated rings. The molecule has 0 saturated heterocycles. The van der Waals surface area contributed by atoms with E-state index in [0.29, 0.717) is 5.02 Å². The predicted molar refractivity (Wildman–Crippen MR) is 206 cm³/mol. The molecular formula is C44H29ClN4. The van der Waals surface area contributed by atoms with Crippen molar-refractivity contribution >= 4 is 58.0 Å². The van der Waals surface area contributed by atoms with Crippen LogP contribution in [0.1, 0.15) is 22.8 Å². The van der Waals surface area contributed by atoms with Gasteiger partial charge in [0.2, 0.25) is 0 Å². The molecule has 4 aromatic carbocycles. The van der Waals surface area contributed by atoms with Gasteiger partial charge in [-0.05, 0) is 64.8 Å². The van der Waals surface area contributed by atoms with Crippen LogP contribution in [-0.4, -0.2) is 19.9 Å². The molecule has 4 nitrogen and oxygen atoms in total. The maximum absolute atomic E-state index is 7.20. The molecule has 3 aromatic heterocycles. The second kappa shape index (κ2) is 12.1. The van der Waals surface area contributed by atoms with Crippen LogP contribution in [0.4, 0.5) is 0 Å². The summed E-state index contributed by atoms with van der Waals surface area (Å²) in [6.45, 7) is 0. The SMILES string of the molecule is Clc1cc2[nH]c1c(-c1ccccc1)c1nc(c(-c3ccccc3)c3ccc([nH]3)c(-c3ccccc3)c3nc(c2-c2ccccc2)C=C3)C=C1. The van der Waals surface area contributed by atoms with Gasteiger partial charge in [-0.1, -0.05) is 133 Å². The Balaban J connectivity index is 1.51. The number of rotatable bonds is 4. The second-order valence-corrected chi connectivity index (χ2v) is 12.5. The van der Waals surface area contributed by atoms with Crippen LogP contribution in [0, 0.1) is 0 Å². The molecule has 2 aliphatic rings. The van der Waals surface area contributed by atoms with Gasteiger partial charge in [0.1, 0.15) is 0 Å². The molecule has 0 radical (unpaired) electrons. The van der Waals surface area contributed by atoms with Crippen LogP contribution in [0.15, 0.2) is 140 Å². The summed E-state index contributed by atoms with van der Waals surface area (Å²) in [5.41, 5.74) is 15.2. The van der Waals surface area contributed by atoms with E-state index in [1.165, 1.54) is 0 Å². The lowest BCUT2D eigenvalue weighted by molar-refractivity contribution is 1.31. The van der Waals surface area contributed by atoms with E-state index < -0.39 is 0 Å². The van der Waals surface area contributed by atoms with E-state index in [1.54, 1.807) is 0 Å². The molecule has 2 N–H and O–H groups in total. The van der Waals surface area contributed by atoms with E-state index in [0.717, 1.165) is 89.4 Å². The van der Waals surface area contributed by atoms with Gasteiger partial charge in [0, 0.05) is 33.3 Å². The number of hydrogen-bond donors (Lipinski definition) is 2. The van der Waals surface area contributed by atoms with Gasteiger partial charge in [-0.25, -0.2) is 9.97 Å². The molecule has 0 amide bonds. The number of aromatic amines is 2. The van der Waals surface area contributed by atoms with E-state index in [4.69, 9.17) is 21.6 Å². The maximum Gasteiger partial charge on any atom is 0.0737 e. The normalized spacial score (nSPS) is 12.0. The van der Waals surface area contributed by atoms with Crippen LogP contribution >= 0.6 is 11.6 Å². The average Bonchev–Trinajstić information content (AvgIpc) is 3.98. The second-order valence-electron chi connectivity index (χ2n) is 12.1. The Morgan fingerprint density at radius 3 is 1.12 bits per heavy atom. The molecule has 9 rings (SSSR count). The van der Waals surface area contributed by atoms with Gasteiger partial charge in [-0.15, -0.1) is 0 Å². The summed E-state index contributed by atoms with van der Waals surface area (Å²) < 4.78 is 0. The van der Waals surface area contributed by atoms with Crippen LogP contribution < -0.4 is 0 Å². The number of fused-ring (bicyclic) bond motifs is 8. The quantitative estimate of drug-likeness (QED) is 0.199. The van der Waals surface area contributed by atoms with E-state index in [9.17, 15) is 0 Å². The van der Waals surface area contributed by atoms with Crippen molar-refractivity contribution in [2.75, 3.05) is 0 Å². The van der Waals surface area contributed by atoms with Crippen molar-refractivity contribution in [1.82, 2.24) is 19.9 Å². The Morgan fingerprint density at radius 1 is 0.367 bits per heavy atom. The molecule has 5 heteroatoms. The lowest BCUT2D eigenvalue weighted by Gasteiger charge is -2.07. The Hall–Kier alpha value is -6.23. The number of aromatic nitrogens is 4. The predicted octanol–water partition coefficient (Wildman–Crippen LogP) is 12.0. The van der Waals surface area contributed by atoms with Crippen molar-refractivity contribution in [3.05, 3.63) is 167 Å². The number of benzene rings is 4. The van der Waals surface area contributed by atoms with Gasteiger partial charge in [0.15, 0.2) is 0 Å². The fourth-order valence-corrected chi connectivity index (χ4v) is 7.13. The number of nitrogens with one attached hydrogen (secondary N) is 2. The summed E-state index contributed by atoms with van der Waals surface area (Å²) in [5.74, 6) is 0. The molecule has 0 spiro atoms. The molecule has 49 heavy (non-hydrogen) atoms. The molecule has 0 atom stereocenters. The van der Waals surface area contributed by atoms with E-state index in [1.807, 2.05) is 42.5 Å². The number of H-pyrrole nitrogens is 2. The zero-order valence-corrected chi connectivity index (χ0v) is 27.1. The minimum atomic E-state index is 0.611. The largest absolute Gasteiger partial charge is 0.354 e. The van der Waals surface area contributed by atoms with Gasteiger partial charge in [-0.3, -0.25) is 0 Å². The van der Waals surface area contributed by atoms with Crippen molar-refractivity contribution in [3.8, 4) is 44.5 Å². The third-order valence-electron chi connectivity index (χ3n) is 9.07. The average molecular weight is 649 g/mol. The Bertz CT molecular complexity index is 2580. The summed E-state index contributed by atoms with van der Waals surface area (Å²) in [4.78, 5) is 18.2. The van der Waals surface area contributed by atoms with E-state index in [2.05, 4.69) is 131 Å². The summed E-state index contributed by atoms with van der Waals surface area (Å²) in [7, 11) is 0. The Morgan fingerprint density at radius 2 is 0.714 bits per heavy atom. The summed E-state index contributed by atoms with van der Waals surface area (Å²) in [5, 5.41) is 0.611. The highest BCUT2D eigenvalue weighted by Crippen LogP contribution is 2.40. The number of halogens is 1. The van der Waals surface area contributed by atoms with Crippen LogP contribution in [0.25, 0.3) is 90.9 Å². The monoisotopic (exact) mass is 648 g/mol. The zero-order chi connectivity index (χ0) is 32.7. The first-order chi connectivity index (χ1) is 24.2. The first kappa shape index (κ1) is 29.0. The van der Waals surface area contributed by atoms with Crippen molar-refractivity contribution < 1.29 is 0 Å². The molecule has 2 aliphatic heterocycles. The minimum absolute atomic E-state index is 0.611. The molecule has 7 aromatic rings. The highest BCUT2D eigenvalue weighted by atomic mass is 35.5. The number of hydrogen-bond acceptors (Lipinski definition) is 2. The van der Waals surface area contributed by atoms with Crippen molar-refractivity contribution in [3.63, 3.8) is 0 Å². The summed E-state index contributed by atoms with van der Waals surface area (Å²) >= 11 is 7.20. The van der Waals surface area contributed by atoms with Gasteiger partial charge >= 0.3 is 0 Å². The van der Waals surface area contributed by atoms with Crippen LogP contribution in [0.5, 0.6) is 0 Å². The molecule has 0 saturated carbocycles. The Kier molecular flexibility index (Phi) is 7.15. The number of nitrogens with zero attached hydrogens (tertiary/aromatic N) is 2. The maximum atomic E-state index is 7.20. The van der Waals surface area contributed by atoms with Gasteiger partial charge in [0.05, 0.1) is 38.8 Å². The van der Waals surface area contributed by atoms with Crippen molar-refractivity contribution in [2.24, 2.45) is 0 Å². The standard InChI is InChI=1S/C44H29ClN4/c45-32-27-39-42(30-17-9-3-10-18-30)37-24-23-35(47-37)40(28-13-5-1-6-14-28)33-21-22-34(46-33)41(29-15-7-2-8-16-29)36-25-26-38(48-36)43(44(32)49-39)31-19-11-4-12-20-31/h1-27,46,49H. The highest BCUT2D eigenvalue weighted by Gasteiger charge is 2.20. The van der Waals surface area contributed by atoms with E-state index in [-0.39, 0.29) is 0 Å². The summed E-state index contributed by atoms with van der Waals surface area (Å²) in [6, 6.07) is 47.9. The summed E-state index contributed by atoms with van der Waals surface area (Å²) in [6.07, 6.45) is 8.40. The zero-order valence-electron chi connectivity index (χ0n) is 26.4. The molecular weight excluding hydrogens is 620 g/mol. The minimum Gasteiger partial charge on any atom is -0.354 e. The van der Waals surface area contributed by atoms with Crippen LogP contribution in [0.2, 0.25) is 5.02 Å². The molecule has 8 bridgehead atoms. The lowest BCUT2D eigenvalue weighted by atomic mass is 10.0. The third-order valence-corrected chi connectivity index (χ3v) is 9.37. The smallest absolute Gasteiger partial charge is 0.0737 e. The lowest BCUT2D eigenvalue weighted by Crippen LogP contribution is -1.89. The topological polar surface area (TPSA) is 57.4 Å². The molecule has 0 unspecified atom stereocenters. The van der Waals surface area contributed by atoms with Gasteiger partial charge in [-0.2, -0.15) is 0 Å². The molecule has 5 heterocycles. The van der Waals surface area contributed by atoms with Crippen LogP contribution in [-0.2, 0) is 0 Å². The van der Waals surface area contributed by atoms with Gasteiger partial charge in [0.25, 0.3) is 0 Å². The first-order valence-electron chi connectivity index (χ1n) is 16.3. The fourth-order valence-electron chi connectivity index (χ4n) is 6.88. The van der Waals surface area contributed by atoms with Crippen LogP contribution in [0.3, 0.4) is 0 Å². The molecule has 232 valence electrons.